The smallest absolute Gasteiger partial charge is 0.278 e. The van der Waals surface area contributed by atoms with Gasteiger partial charge in [0, 0.05) is 28.7 Å². The minimum Gasteiger partial charge on any atom is -0.507 e. The van der Waals surface area contributed by atoms with Crippen LogP contribution in [-0.2, 0) is 0 Å². The highest BCUT2D eigenvalue weighted by atomic mass is 16.6. The largest absolute Gasteiger partial charge is 0.507 e. The SMILES string of the molecule is C[C@]12CCC[C@](C)(C[C@@H](N(c3cnc(-c4ccc(-c5cnc6c(n5)OCCO6)cc4O)nn3)C3CC3)C1)N2. The second kappa shape index (κ2) is 8.76. The normalized spacial score (nSPS) is 28.1. The monoisotopic (exact) mass is 515 g/mol. The van der Waals surface area contributed by atoms with Crippen LogP contribution in [-0.4, -0.2) is 66.6 Å². The van der Waals surface area contributed by atoms with E-state index in [2.05, 4.69) is 49.2 Å². The number of piperidine rings is 2. The Kier molecular flexibility index (Phi) is 5.43. The minimum absolute atomic E-state index is 0.0554. The van der Waals surface area contributed by atoms with Gasteiger partial charge in [-0.25, -0.2) is 15.0 Å². The fourth-order valence-corrected chi connectivity index (χ4v) is 6.72. The van der Waals surface area contributed by atoms with Crippen LogP contribution in [0.25, 0.3) is 22.6 Å². The number of phenolic OH excluding ortho intramolecular Hbond substituents is 1. The topological polar surface area (TPSA) is 118 Å². The van der Waals surface area contributed by atoms with E-state index in [-0.39, 0.29) is 16.8 Å². The van der Waals surface area contributed by atoms with Crippen molar-refractivity contribution >= 4 is 5.82 Å². The van der Waals surface area contributed by atoms with E-state index in [4.69, 9.17) is 9.47 Å². The fourth-order valence-electron chi connectivity index (χ4n) is 6.72. The number of benzene rings is 1. The average Bonchev–Trinajstić information content (AvgIpc) is 3.73. The van der Waals surface area contributed by atoms with E-state index < -0.39 is 0 Å². The summed E-state index contributed by atoms with van der Waals surface area (Å²) in [5.41, 5.74) is 2.14. The van der Waals surface area contributed by atoms with Gasteiger partial charge in [0.05, 0.1) is 23.7 Å². The van der Waals surface area contributed by atoms with Gasteiger partial charge in [0.25, 0.3) is 11.8 Å². The molecule has 0 spiro atoms. The van der Waals surface area contributed by atoms with E-state index in [1.165, 1.54) is 32.1 Å². The zero-order valence-electron chi connectivity index (χ0n) is 21.9. The van der Waals surface area contributed by atoms with E-state index in [0.29, 0.717) is 59.7 Å². The Morgan fingerprint density at radius 1 is 0.947 bits per heavy atom. The summed E-state index contributed by atoms with van der Waals surface area (Å²) in [6, 6.07) is 6.21. The maximum absolute atomic E-state index is 10.8. The molecule has 0 radical (unpaired) electrons. The Morgan fingerprint density at radius 3 is 2.39 bits per heavy atom. The molecule has 3 atom stereocenters. The van der Waals surface area contributed by atoms with Crippen molar-refractivity contribution in [2.75, 3.05) is 18.1 Å². The molecule has 10 nitrogen and oxygen atoms in total. The van der Waals surface area contributed by atoms with Crippen molar-refractivity contribution in [1.29, 1.82) is 0 Å². The molecule has 7 rings (SSSR count). The van der Waals surface area contributed by atoms with Crippen molar-refractivity contribution in [3.8, 4) is 40.2 Å². The van der Waals surface area contributed by atoms with Crippen LogP contribution in [0.3, 0.4) is 0 Å². The summed E-state index contributed by atoms with van der Waals surface area (Å²) >= 11 is 0. The van der Waals surface area contributed by atoms with Gasteiger partial charge < -0.3 is 24.8 Å². The first-order chi connectivity index (χ1) is 18.4. The molecule has 1 aliphatic carbocycles. The lowest BCUT2D eigenvalue weighted by Crippen LogP contribution is -2.67. The van der Waals surface area contributed by atoms with Crippen LogP contribution in [0.5, 0.6) is 17.5 Å². The van der Waals surface area contributed by atoms with Crippen molar-refractivity contribution in [2.24, 2.45) is 0 Å². The highest BCUT2D eigenvalue weighted by Gasteiger charge is 2.49. The Bertz CT molecular complexity index is 1350. The van der Waals surface area contributed by atoms with Crippen LogP contribution in [0.2, 0.25) is 0 Å². The summed E-state index contributed by atoms with van der Waals surface area (Å²) in [6.45, 7) is 5.64. The Balaban J connectivity index is 1.13. The van der Waals surface area contributed by atoms with Crippen molar-refractivity contribution in [3.63, 3.8) is 0 Å². The maximum Gasteiger partial charge on any atom is 0.278 e. The lowest BCUT2D eigenvalue weighted by molar-refractivity contribution is 0.0766. The number of phenols is 1. The van der Waals surface area contributed by atoms with Gasteiger partial charge in [0.2, 0.25) is 0 Å². The number of aromatic nitrogens is 5. The van der Waals surface area contributed by atoms with Crippen molar-refractivity contribution in [3.05, 3.63) is 30.6 Å². The minimum atomic E-state index is 0.0554. The number of anilines is 1. The number of ether oxygens (including phenoxy) is 2. The second-order valence-corrected chi connectivity index (χ2v) is 11.7. The van der Waals surface area contributed by atoms with Crippen LogP contribution in [0.1, 0.15) is 58.8 Å². The van der Waals surface area contributed by atoms with Crippen molar-refractivity contribution < 1.29 is 14.6 Å². The molecule has 4 aliphatic rings. The van der Waals surface area contributed by atoms with Crippen LogP contribution in [0.15, 0.2) is 30.6 Å². The lowest BCUT2D eigenvalue weighted by atomic mass is 9.69. The number of rotatable bonds is 5. The van der Waals surface area contributed by atoms with E-state index in [1.807, 2.05) is 12.3 Å². The molecule has 198 valence electrons. The third-order valence-corrected chi connectivity index (χ3v) is 8.38. The molecule has 5 heterocycles. The molecule has 2 bridgehead atoms. The molecule has 3 fully saturated rings. The molecule has 2 saturated heterocycles. The Hall–Kier alpha value is -3.53. The number of nitrogens with zero attached hydrogens (tertiary/aromatic N) is 6. The van der Waals surface area contributed by atoms with Gasteiger partial charge in [0.1, 0.15) is 19.0 Å². The summed E-state index contributed by atoms with van der Waals surface area (Å²) in [5, 5.41) is 23.9. The summed E-state index contributed by atoms with van der Waals surface area (Å²) in [7, 11) is 0. The first kappa shape index (κ1) is 23.6. The van der Waals surface area contributed by atoms with E-state index >= 15 is 0 Å². The van der Waals surface area contributed by atoms with Crippen LogP contribution in [0.4, 0.5) is 5.82 Å². The molecular formula is C28H33N7O3. The van der Waals surface area contributed by atoms with E-state index in [9.17, 15) is 5.11 Å². The van der Waals surface area contributed by atoms with Gasteiger partial charge in [-0.15, -0.1) is 10.2 Å². The molecule has 2 N–H and O–H groups in total. The van der Waals surface area contributed by atoms with Gasteiger partial charge >= 0.3 is 0 Å². The molecule has 10 heteroatoms. The van der Waals surface area contributed by atoms with Crippen LogP contribution in [0, 0.1) is 0 Å². The molecule has 38 heavy (non-hydrogen) atoms. The highest BCUT2D eigenvalue weighted by Crippen LogP contribution is 2.45. The number of hydrogen-bond donors (Lipinski definition) is 2. The molecule has 0 amide bonds. The highest BCUT2D eigenvalue weighted by molar-refractivity contribution is 5.71. The quantitative estimate of drug-likeness (QED) is 0.518. The number of hydrogen-bond acceptors (Lipinski definition) is 10. The van der Waals surface area contributed by atoms with E-state index in [0.717, 1.165) is 18.7 Å². The third-order valence-electron chi connectivity index (χ3n) is 8.38. The van der Waals surface area contributed by atoms with Gasteiger partial charge in [-0.3, -0.25) is 0 Å². The van der Waals surface area contributed by atoms with Gasteiger partial charge in [-0.2, -0.15) is 0 Å². The molecule has 2 aromatic heterocycles. The van der Waals surface area contributed by atoms with Gasteiger partial charge in [-0.1, -0.05) is 6.07 Å². The fraction of sp³-hybridized carbons (Fsp3) is 0.536. The molecular weight excluding hydrogens is 482 g/mol. The number of nitrogens with one attached hydrogen (secondary N) is 1. The molecule has 3 aromatic rings. The summed E-state index contributed by atoms with van der Waals surface area (Å²) in [6.07, 6.45) is 11.7. The first-order valence-electron chi connectivity index (χ1n) is 13.6. The lowest BCUT2D eigenvalue weighted by Gasteiger charge is -2.55. The molecule has 0 unspecified atom stereocenters. The van der Waals surface area contributed by atoms with Crippen LogP contribution < -0.4 is 19.7 Å². The average molecular weight is 516 g/mol. The number of fused-ring (bicyclic) bond motifs is 3. The Morgan fingerprint density at radius 2 is 1.71 bits per heavy atom. The predicted octanol–water partition coefficient (Wildman–Crippen LogP) is 3.89. The zero-order chi connectivity index (χ0) is 25.9. The standard InChI is InChI=1S/C28H33N7O3/c1-27-8-3-9-28(2,34-27)14-19(13-27)35(18-5-6-18)23-16-29-24(33-32-23)20-7-4-17(12-22(20)36)21-15-30-25-26(31-21)38-11-10-37-25/h4,7,12,15-16,18-19,34,36H,3,5-6,8-11,13-14H2,1-2H3/t19-,27-,28+. The first-order valence-corrected chi connectivity index (χ1v) is 13.6. The molecule has 3 aliphatic heterocycles. The van der Waals surface area contributed by atoms with Crippen LogP contribution >= 0.6 is 0 Å². The zero-order valence-corrected chi connectivity index (χ0v) is 21.9. The van der Waals surface area contributed by atoms with Crippen molar-refractivity contribution in [2.45, 2.75) is 82.0 Å². The van der Waals surface area contributed by atoms with Crippen molar-refractivity contribution in [1.82, 2.24) is 30.5 Å². The Labute approximate surface area is 221 Å². The van der Waals surface area contributed by atoms with Gasteiger partial charge in [0.15, 0.2) is 11.6 Å². The number of aromatic hydroxyl groups is 1. The summed E-state index contributed by atoms with van der Waals surface area (Å²) in [5.74, 6) is 2.02. The second-order valence-electron chi connectivity index (χ2n) is 11.7. The third kappa shape index (κ3) is 4.30. The van der Waals surface area contributed by atoms with E-state index in [1.54, 1.807) is 18.3 Å². The predicted molar refractivity (Wildman–Crippen MR) is 141 cm³/mol. The summed E-state index contributed by atoms with van der Waals surface area (Å²) < 4.78 is 11.0. The molecule has 1 aromatic carbocycles. The molecule has 1 saturated carbocycles. The summed E-state index contributed by atoms with van der Waals surface area (Å²) in [4.78, 5) is 15.9. The maximum atomic E-state index is 10.8. The van der Waals surface area contributed by atoms with Gasteiger partial charge in [-0.05, 0) is 70.9 Å².